The second-order valence-corrected chi connectivity index (χ2v) is 5.35. The van der Waals surface area contributed by atoms with Crippen LogP contribution in [0.25, 0.3) is 0 Å². The monoisotopic (exact) mass is 423 g/mol. The molecule has 0 amide bonds. The molecule has 3 aromatic rings. The summed E-state index contributed by atoms with van der Waals surface area (Å²) < 4.78 is 4.57. The molecule has 3 aromatic heterocycles. The van der Waals surface area contributed by atoms with Gasteiger partial charge in [-0.3, -0.25) is 20.6 Å². The fraction of sp³-hybridized carbons (Fsp3) is 0. The molecule has 24 heavy (non-hydrogen) atoms. The topological polar surface area (TPSA) is 53.5 Å². The zero-order valence-corrected chi connectivity index (χ0v) is 15.5. The fourth-order valence-electron chi connectivity index (χ4n) is 1.55. The molecule has 125 valence electrons. The van der Waals surface area contributed by atoms with E-state index in [2.05, 4.69) is 21.9 Å². The molecule has 0 atom stereocenters. The van der Waals surface area contributed by atoms with Gasteiger partial charge in [0.1, 0.15) is 0 Å². The molecule has 0 aliphatic heterocycles. The van der Waals surface area contributed by atoms with Crippen LogP contribution < -0.4 is 0 Å². The minimum Gasteiger partial charge on any atom is -0.293 e. The van der Waals surface area contributed by atoms with Crippen LogP contribution in [0.4, 0.5) is 0 Å². The molecule has 0 aliphatic rings. The first-order chi connectivity index (χ1) is 11.0. The Kier molecular flexibility index (Phi) is 8.18. The van der Waals surface area contributed by atoms with E-state index in [1.807, 2.05) is 0 Å². The Labute approximate surface area is 164 Å². The molecule has 1 radical (unpaired) electrons. The van der Waals surface area contributed by atoms with Gasteiger partial charge in [-0.25, -0.2) is 12.2 Å². The van der Waals surface area contributed by atoms with Gasteiger partial charge in [0.15, 0.2) is 6.29 Å². The summed E-state index contributed by atoms with van der Waals surface area (Å²) in [5, 5.41) is 13.9. The standard InChI is InChI=1S/C10H6Cl3N6.C4H5.Mn/c11-7-1-14-17(4-7)10(18-5-8(12)2-15-18)19-6-9(13)3-16-19;1-3-4-2;/h1-6H;1,3-4H,2H2;/q2*-1;+2. The van der Waals surface area contributed by atoms with E-state index in [-0.39, 0.29) is 17.1 Å². The molecular weight excluding hydrogens is 413 g/mol. The molecule has 0 unspecified atom stereocenters. The molecule has 0 bridgehead atoms. The summed E-state index contributed by atoms with van der Waals surface area (Å²) in [7, 11) is 0. The van der Waals surface area contributed by atoms with Crippen molar-refractivity contribution in [1.29, 1.82) is 0 Å². The van der Waals surface area contributed by atoms with Gasteiger partial charge < -0.3 is 0 Å². The van der Waals surface area contributed by atoms with Gasteiger partial charge in [0, 0.05) is 15.1 Å². The number of allylic oxidation sites excluding steroid dienone is 2. The number of rotatable bonds is 4. The summed E-state index contributed by atoms with van der Waals surface area (Å²) in [6.07, 6.45) is 12.8. The minimum absolute atomic E-state index is 0. The van der Waals surface area contributed by atoms with Crippen LogP contribution in [0.1, 0.15) is 0 Å². The average molecular weight is 425 g/mol. The Balaban J connectivity index is 0.000000522. The number of hydrogen-bond donors (Lipinski definition) is 0. The van der Waals surface area contributed by atoms with E-state index in [0.29, 0.717) is 21.4 Å². The van der Waals surface area contributed by atoms with Crippen LogP contribution in [-0.4, -0.2) is 29.3 Å². The maximum atomic E-state index is 5.88. The van der Waals surface area contributed by atoms with Crippen molar-refractivity contribution in [2.45, 2.75) is 0 Å². The van der Waals surface area contributed by atoms with Crippen molar-refractivity contribution in [2.75, 3.05) is 0 Å². The van der Waals surface area contributed by atoms with Crippen molar-refractivity contribution < 1.29 is 17.1 Å². The Morgan fingerprint density at radius 2 is 1.17 bits per heavy atom. The molecule has 10 heteroatoms. The normalized spacial score (nSPS) is 9.46. The molecule has 0 N–H and O–H groups in total. The second-order valence-electron chi connectivity index (χ2n) is 4.04. The van der Waals surface area contributed by atoms with E-state index in [1.54, 1.807) is 18.6 Å². The van der Waals surface area contributed by atoms with Crippen molar-refractivity contribution >= 4 is 34.8 Å². The van der Waals surface area contributed by atoms with E-state index in [9.17, 15) is 0 Å². The maximum absolute atomic E-state index is 5.88. The van der Waals surface area contributed by atoms with Gasteiger partial charge in [0.2, 0.25) is 0 Å². The van der Waals surface area contributed by atoms with Gasteiger partial charge in [-0.1, -0.05) is 34.8 Å². The molecule has 0 saturated carbocycles. The van der Waals surface area contributed by atoms with Crippen molar-refractivity contribution in [3.63, 3.8) is 0 Å². The molecule has 0 fully saturated rings. The zero-order chi connectivity index (χ0) is 16.8. The Morgan fingerprint density at radius 3 is 1.33 bits per heavy atom. The second kappa shape index (κ2) is 9.61. The van der Waals surface area contributed by atoms with Crippen LogP contribution in [0, 0.1) is 12.9 Å². The third-order valence-electron chi connectivity index (χ3n) is 2.40. The van der Waals surface area contributed by atoms with Crippen LogP contribution >= 0.6 is 34.8 Å². The quantitative estimate of drug-likeness (QED) is 0.364. The zero-order valence-electron chi connectivity index (χ0n) is 12.1. The number of hydrogen-bond acceptors (Lipinski definition) is 3. The molecule has 0 aromatic carbocycles. The van der Waals surface area contributed by atoms with Gasteiger partial charge in [0.25, 0.3) is 0 Å². The molecular formula is C14H11Cl3MnN6. The SMILES string of the molecule is Clc1cnn([C-](n2cc(Cl)cn2)n2cc(Cl)cn2)c1.[CH-]=CC=C.[Mn+2]. The van der Waals surface area contributed by atoms with Crippen LogP contribution in [0.2, 0.25) is 15.1 Å². The van der Waals surface area contributed by atoms with Crippen LogP contribution in [0.5, 0.6) is 0 Å². The minimum atomic E-state index is 0. The number of halogens is 3. The van der Waals surface area contributed by atoms with Crippen LogP contribution in [0.15, 0.2) is 55.9 Å². The first-order valence-electron chi connectivity index (χ1n) is 6.19. The third-order valence-corrected chi connectivity index (χ3v) is 2.99. The van der Waals surface area contributed by atoms with Crippen molar-refractivity contribution in [3.05, 3.63) is 83.8 Å². The Hall–Kier alpha value is -1.63. The van der Waals surface area contributed by atoms with Crippen LogP contribution in [-0.2, 0) is 17.1 Å². The molecule has 0 saturated heterocycles. The molecule has 0 spiro atoms. The van der Waals surface area contributed by atoms with Gasteiger partial charge in [-0.05, 0) is 18.6 Å². The van der Waals surface area contributed by atoms with E-state index in [0.717, 1.165) is 0 Å². The summed E-state index contributed by atoms with van der Waals surface area (Å²) >= 11 is 17.6. The van der Waals surface area contributed by atoms with Crippen molar-refractivity contribution in [3.8, 4) is 0 Å². The summed E-state index contributed by atoms with van der Waals surface area (Å²) in [5.41, 5.74) is 0. The van der Waals surface area contributed by atoms with Gasteiger partial charge in [-0.2, -0.15) is 21.9 Å². The smallest absolute Gasteiger partial charge is 0.293 e. The summed E-state index contributed by atoms with van der Waals surface area (Å²) in [6, 6.07) is 0. The summed E-state index contributed by atoms with van der Waals surface area (Å²) in [6.45, 7) is 8.08. The Morgan fingerprint density at radius 1 is 0.875 bits per heavy atom. The first kappa shape index (κ1) is 20.4. The van der Waals surface area contributed by atoms with Gasteiger partial charge in [-0.15, -0.1) is 0 Å². The first-order valence-corrected chi connectivity index (χ1v) is 7.33. The molecule has 0 aliphatic carbocycles. The summed E-state index contributed by atoms with van der Waals surface area (Å²) in [5.74, 6) is 0. The van der Waals surface area contributed by atoms with E-state index < -0.39 is 0 Å². The maximum Gasteiger partial charge on any atom is 2.00 e. The number of nitrogens with zero attached hydrogens (tertiary/aromatic N) is 6. The van der Waals surface area contributed by atoms with E-state index >= 15 is 0 Å². The van der Waals surface area contributed by atoms with Crippen molar-refractivity contribution in [1.82, 2.24) is 29.3 Å². The molecule has 6 nitrogen and oxygen atoms in total. The molecule has 3 heterocycles. The third kappa shape index (κ3) is 5.19. The van der Waals surface area contributed by atoms with Crippen LogP contribution in [0.3, 0.4) is 0 Å². The largest absolute Gasteiger partial charge is 2.00 e. The fourth-order valence-corrected chi connectivity index (χ4v) is 1.95. The predicted octanol–water partition coefficient (Wildman–Crippen LogP) is 3.79. The Bertz CT molecular complexity index is 692. The van der Waals surface area contributed by atoms with Gasteiger partial charge >= 0.3 is 17.1 Å². The van der Waals surface area contributed by atoms with E-state index in [1.165, 1.54) is 44.8 Å². The molecule has 3 rings (SSSR count). The summed E-state index contributed by atoms with van der Waals surface area (Å²) in [4.78, 5) is 0. The predicted molar refractivity (Wildman–Crippen MR) is 90.2 cm³/mol. The van der Waals surface area contributed by atoms with Crippen molar-refractivity contribution in [2.24, 2.45) is 0 Å². The van der Waals surface area contributed by atoms with Gasteiger partial charge in [0.05, 0.1) is 18.6 Å². The average Bonchev–Trinajstić information content (AvgIpc) is 3.24. The number of aromatic nitrogens is 6. The van der Waals surface area contributed by atoms with E-state index in [4.69, 9.17) is 41.4 Å².